The highest BCUT2D eigenvalue weighted by Gasteiger charge is 2.51. The van der Waals surface area contributed by atoms with E-state index in [-0.39, 0.29) is 11.5 Å². The molecule has 2 heteroatoms. The van der Waals surface area contributed by atoms with Gasteiger partial charge in [-0.15, -0.1) is 0 Å². The van der Waals surface area contributed by atoms with Crippen molar-refractivity contribution in [2.75, 3.05) is 0 Å². The van der Waals surface area contributed by atoms with Crippen LogP contribution in [0.1, 0.15) is 43.7 Å². The van der Waals surface area contributed by atoms with E-state index in [9.17, 15) is 10.2 Å². The molecule has 20 heavy (non-hydrogen) atoms. The van der Waals surface area contributed by atoms with Gasteiger partial charge in [-0.25, -0.2) is 0 Å². The van der Waals surface area contributed by atoms with Gasteiger partial charge < -0.3 is 10.2 Å². The Bertz CT molecular complexity index is 589. The minimum Gasteiger partial charge on any atom is -0.508 e. The molecule has 1 fully saturated rings. The van der Waals surface area contributed by atoms with Crippen molar-refractivity contribution < 1.29 is 10.2 Å². The van der Waals surface area contributed by atoms with Crippen LogP contribution in [0, 0.1) is 17.3 Å². The second-order valence-electron chi connectivity index (χ2n) is 7.06. The van der Waals surface area contributed by atoms with E-state index in [0.717, 1.165) is 32.1 Å². The lowest BCUT2D eigenvalue weighted by Gasteiger charge is -2.45. The summed E-state index contributed by atoms with van der Waals surface area (Å²) >= 11 is 0. The third kappa shape index (κ3) is 1.54. The maximum absolute atomic E-state index is 10.3. The van der Waals surface area contributed by atoms with Gasteiger partial charge in [-0.1, -0.05) is 19.1 Å². The second kappa shape index (κ2) is 4.11. The van der Waals surface area contributed by atoms with E-state index in [0.29, 0.717) is 17.6 Å². The fourth-order valence-corrected chi connectivity index (χ4v) is 4.94. The van der Waals surface area contributed by atoms with Crippen molar-refractivity contribution in [2.24, 2.45) is 17.3 Å². The van der Waals surface area contributed by atoms with Gasteiger partial charge >= 0.3 is 0 Å². The molecule has 0 saturated heterocycles. The molecule has 0 radical (unpaired) electrons. The van der Waals surface area contributed by atoms with Crippen LogP contribution in [0.15, 0.2) is 24.3 Å². The highest BCUT2D eigenvalue weighted by Crippen LogP contribution is 2.58. The molecule has 2 nitrogen and oxygen atoms in total. The summed E-state index contributed by atoms with van der Waals surface area (Å²) in [7, 11) is 0. The van der Waals surface area contributed by atoms with Crippen molar-refractivity contribution in [3.05, 3.63) is 35.4 Å². The zero-order valence-electron chi connectivity index (χ0n) is 12.0. The fourth-order valence-electron chi connectivity index (χ4n) is 4.94. The topological polar surface area (TPSA) is 40.5 Å². The van der Waals surface area contributed by atoms with Crippen LogP contribution in [0.4, 0.5) is 0 Å². The number of allylic oxidation sites excluding steroid dienone is 2. The molecule has 0 aliphatic heterocycles. The fraction of sp³-hybridized carbons (Fsp3) is 0.556. The first-order chi connectivity index (χ1) is 9.59. The zero-order valence-corrected chi connectivity index (χ0v) is 12.0. The molecule has 1 aromatic carbocycles. The predicted octanol–water partition coefficient (Wildman–Crippen LogP) is 3.52. The SMILES string of the molecule is C[C@]12CC=C3c4ccc(O)cc4CCC3C1CCC2O. The Morgan fingerprint density at radius 3 is 2.90 bits per heavy atom. The van der Waals surface area contributed by atoms with Gasteiger partial charge in [0.05, 0.1) is 6.10 Å². The summed E-state index contributed by atoms with van der Waals surface area (Å²) in [6.45, 7) is 2.27. The zero-order chi connectivity index (χ0) is 13.9. The first kappa shape index (κ1) is 12.5. The van der Waals surface area contributed by atoms with Crippen molar-refractivity contribution in [1.29, 1.82) is 0 Å². The third-order valence-corrected chi connectivity index (χ3v) is 6.13. The molecule has 3 aliphatic rings. The number of benzene rings is 1. The molecule has 4 atom stereocenters. The molecular weight excluding hydrogens is 248 g/mol. The Morgan fingerprint density at radius 2 is 2.05 bits per heavy atom. The summed E-state index contributed by atoms with van der Waals surface area (Å²) in [5.41, 5.74) is 4.18. The van der Waals surface area contributed by atoms with Crippen molar-refractivity contribution >= 4 is 5.57 Å². The first-order valence-corrected chi connectivity index (χ1v) is 7.80. The monoisotopic (exact) mass is 270 g/mol. The lowest BCUT2D eigenvalue weighted by atomic mass is 9.60. The minimum atomic E-state index is -0.133. The van der Waals surface area contributed by atoms with Crippen LogP contribution in [0.3, 0.4) is 0 Å². The van der Waals surface area contributed by atoms with Crippen molar-refractivity contribution in [2.45, 2.75) is 45.1 Å². The van der Waals surface area contributed by atoms with Gasteiger partial charge in [0.1, 0.15) is 5.75 Å². The molecule has 0 heterocycles. The maximum Gasteiger partial charge on any atom is 0.115 e. The van der Waals surface area contributed by atoms with Crippen LogP contribution in [0.2, 0.25) is 0 Å². The molecule has 1 saturated carbocycles. The third-order valence-electron chi connectivity index (χ3n) is 6.13. The van der Waals surface area contributed by atoms with Gasteiger partial charge in [0.2, 0.25) is 0 Å². The Kier molecular flexibility index (Phi) is 2.56. The number of hydrogen-bond donors (Lipinski definition) is 2. The number of phenols is 1. The van der Waals surface area contributed by atoms with Gasteiger partial charge in [0, 0.05) is 5.41 Å². The number of aliphatic hydroxyl groups excluding tert-OH is 1. The van der Waals surface area contributed by atoms with Gasteiger partial charge in [-0.05, 0) is 72.8 Å². The average molecular weight is 270 g/mol. The Hall–Kier alpha value is -1.28. The van der Waals surface area contributed by atoms with E-state index in [1.165, 1.54) is 16.7 Å². The summed E-state index contributed by atoms with van der Waals surface area (Å²) in [5.74, 6) is 1.60. The van der Waals surface area contributed by atoms with Crippen LogP contribution < -0.4 is 0 Å². The number of rotatable bonds is 0. The van der Waals surface area contributed by atoms with E-state index in [1.807, 2.05) is 6.07 Å². The van der Waals surface area contributed by atoms with Crippen LogP contribution >= 0.6 is 0 Å². The molecule has 3 aliphatic carbocycles. The van der Waals surface area contributed by atoms with Gasteiger partial charge in [-0.3, -0.25) is 0 Å². The number of aliphatic hydroxyl groups is 1. The number of fused-ring (bicyclic) bond motifs is 5. The molecule has 106 valence electrons. The highest BCUT2D eigenvalue weighted by molar-refractivity contribution is 5.73. The molecule has 1 aromatic rings. The molecule has 0 bridgehead atoms. The van der Waals surface area contributed by atoms with Gasteiger partial charge in [-0.2, -0.15) is 0 Å². The summed E-state index contributed by atoms with van der Waals surface area (Å²) in [4.78, 5) is 0. The van der Waals surface area contributed by atoms with E-state index < -0.39 is 0 Å². The number of aryl methyl sites for hydroxylation is 1. The summed E-state index contributed by atoms with van der Waals surface area (Å²) in [6.07, 6.45) is 7.56. The quantitative estimate of drug-likeness (QED) is 0.757. The molecule has 0 aromatic heterocycles. The van der Waals surface area contributed by atoms with E-state index in [2.05, 4.69) is 19.1 Å². The second-order valence-corrected chi connectivity index (χ2v) is 7.06. The summed E-state index contributed by atoms with van der Waals surface area (Å²) in [6, 6.07) is 5.81. The average Bonchev–Trinajstić information content (AvgIpc) is 2.74. The summed E-state index contributed by atoms with van der Waals surface area (Å²) < 4.78 is 0. The van der Waals surface area contributed by atoms with E-state index in [4.69, 9.17) is 0 Å². The van der Waals surface area contributed by atoms with Crippen LogP contribution in [-0.4, -0.2) is 16.3 Å². The van der Waals surface area contributed by atoms with Gasteiger partial charge in [0.25, 0.3) is 0 Å². The van der Waals surface area contributed by atoms with Crippen LogP contribution in [0.5, 0.6) is 5.75 Å². The number of aromatic hydroxyl groups is 1. The Labute approximate surface area is 120 Å². The number of hydrogen-bond acceptors (Lipinski definition) is 2. The van der Waals surface area contributed by atoms with Crippen molar-refractivity contribution in [3.8, 4) is 5.75 Å². The lowest BCUT2D eigenvalue weighted by molar-refractivity contribution is 0.0251. The van der Waals surface area contributed by atoms with E-state index in [1.54, 1.807) is 6.07 Å². The largest absolute Gasteiger partial charge is 0.508 e. The van der Waals surface area contributed by atoms with Crippen LogP contribution in [-0.2, 0) is 6.42 Å². The van der Waals surface area contributed by atoms with Crippen molar-refractivity contribution in [1.82, 2.24) is 0 Å². The highest BCUT2D eigenvalue weighted by atomic mass is 16.3. The van der Waals surface area contributed by atoms with Crippen LogP contribution in [0.25, 0.3) is 5.57 Å². The maximum atomic E-state index is 10.3. The molecule has 0 amide bonds. The standard InChI is InChI=1S/C18H22O2/c1-18-9-8-14-13-5-3-12(19)10-11(13)2-4-15(14)16(18)6-7-17(18)20/h3,5,8,10,15-17,19-20H,2,4,6-7,9H2,1H3/t15?,16?,17?,18-/m0/s1. The summed E-state index contributed by atoms with van der Waals surface area (Å²) in [5, 5.41) is 20.0. The molecule has 4 rings (SSSR count). The Balaban J connectivity index is 1.79. The lowest BCUT2D eigenvalue weighted by Crippen LogP contribution is -2.39. The molecular formula is C18H22O2. The molecule has 3 unspecified atom stereocenters. The molecule has 2 N–H and O–H groups in total. The van der Waals surface area contributed by atoms with E-state index >= 15 is 0 Å². The minimum absolute atomic E-state index is 0.0859. The number of phenolic OH excluding ortho intramolecular Hbond substituents is 1. The van der Waals surface area contributed by atoms with Crippen molar-refractivity contribution in [3.63, 3.8) is 0 Å². The normalized spacial score (nSPS) is 38.7. The first-order valence-electron chi connectivity index (χ1n) is 7.80. The predicted molar refractivity (Wildman–Crippen MR) is 79.3 cm³/mol. The smallest absolute Gasteiger partial charge is 0.115 e. The Morgan fingerprint density at radius 1 is 1.20 bits per heavy atom. The van der Waals surface area contributed by atoms with Gasteiger partial charge in [0.15, 0.2) is 0 Å². The molecule has 0 spiro atoms.